The van der Waals surface area contributed by atoms with Crippen molar-refractivity contribution in [3.05, 3.63) is 30.1 Å². The van der Waals surface area contributed by atoms with Crippen molar-refractivity contribution in [2.24, 2.45) is 5.92 Å². The normalized spacial score (nSPS) is 12.9. The Morgan fingerprint density at radius 3 is 2.47 bits per heavy atom. The maximum atomic E-state index is 4.06. The van der Waals surface area contributed by atoms with Crippen molar-refractivity contribution in [1.82, 2.24) is 10.3 Å². The summed E-state index contributed by atoms with van der Waals surface area (Å²) in [5.74, 6) is 0.818. The molecule has 0 fully saturated rings. The molecular formula is C15H26N2. The zero-order valence-electron chi connectivity index (χ0n) is 11.4. The van der Waals surface area contributed by atoms with Crippen LogP contribution in [0.3, 0.4) is 0 Å². The molecule has 1 atom stereocenters. The molecule has 0 amide bonds. The molecule has 1 unspecified atom stereocenters. The zero-order chi connectivity index (χ0) is 12.5. The van der Waals surface area contributed by atoms with E-state index < -0.39 is 0 Å². The molecule has 1 aromatic heterocycles. The Balaban J connectivity index is 2.37. The number of likely N-dealkylation sites (N-methyl/N-ethyl adjacent to an activating group) is 1. The largest absolute Gasteiger partial charge is 0.314 e. The first-order valence-corrected chi connectivity index (χ1v) is 6.84. The maximum absolute atomic E-state index is 4.06. The van der Waals surface area contributed by atoms with Gasteiger partial charge >= 0.3 is 0 Å². The molecule has 0 aliphatic carbocycles. The molecule has 0 aromatic carbocycles. The fourth-order valence-electron chi connectivity index (χ4n) is 2.14. The number of rotatable bonds is 8. The van der Waals surface area contributed by atoms with Crippen LogP contribution in [0.2, 0.25) is 0 Å². The van der Waals surface area contributed by atoms with Gasteiger partial charge in [0.15, 0.2) is 0 Å². The molecule has 0 aliphatic heterocycles. The predicted molar refractivity (Wildman–Crippen MR) is 74.1 cm³/mol. The van der Waals surface area contributed by atoms with E-state index in [1.54, 1.807) is 0 Å². The fourth-order valence-corrected chi connectivity index (χ4v) is 2.14. The lowest BCUT2D eigenvalue weighted by Crippen LogP contribution is -2.31. The second kappa shape index (κ2) is 8.24. The smallest absolute Gasteiger partial charge is 0.0270 e. The zero-order valence-corrected chi connectivity index (χ0v) is 11.4. The number of aromatic nitrogens is 1. The van der Waals surface area contributed by atoms with Gasteiger partial charge in [-0.3, -0.25) is 4.98 Å². The highest BCUT2D eigenvalue weighted by Gasteiger charge is 2.08. The lowest BCUT2D eigenvalue weighted by atomic mass is 9.98. The standard InChI is InChI=1S/C15H26N2/c1-4-17-15(7-5-6-13(2)3)12-14-8-10-16-11-9-14/h8-11,13,15,17H,4-7,12H2,1-3H3. The van der Waals surface area contributed by atoms with Crippen LogP contribution < -0.4 is 5.32 Å². The fraction of sp³-hybridized carbons (Fsp3) is 0.667. The van der Waals surface area contributed by atoms with E-state index in [0.29, 0.717) is 6.04 Å². The molecular weight excluding hydrogens is 208 g/mol. The highest BCUT2D eigenvalue weighted by Crippen LogP contribution is 2.11. The summed E-state index contributed by atoms with van der Waals surface area (Å²) in [5, 5.41) is 3.58. The third kappa shape index (κ3) is 6.42. The molecule has 2 nitrogen and oxygen atoms in total. The summed E-state index contributed by atoms with van der Waals surface area (Å²) in [4.78, 5) is 4.06. The topological polar surface area (TPSA) is 24.9 Å². The van der Waals surface area contributed by atoms with Crippen LogP contribution in [0.1, 0.15) is 45.6 Å². The minimum absolute atomic E-state index is 0.612. The first kappa shape index (κ1) is 14.2. The first-order valence-electron chi connectivity index (χ1n) is 6.84. The van der Waals surface area contributed by atoms with Gasteiger partial charge in [-0.15, -0.1) is 0 Å². The van der Waals surface area contributed by atoms with Gasteiger partial charge in [-0.05, 0) is 43.0 Å². The van der Waals surface area contributed by atoms with E-state index in [0.717, 1.165) is 18.9 Å². The van der Waals surface area contributed by atoms with Crippen molar-refractivity contribution in [2.75, 3.05) is 6.54 Å². The number of hydrogen-bond acceptors (Lipinski definition) is 2. The molecule has 96 valence electrons. The van der Waals surface area contributed by atoms with E-state index in [4.69, 9.17) is 0 Å². The van der Waals surface area contributed by atoms with Gasteiger partial charge in [-0.2, -0.15) is 0 Å². The quantitative estimate of drug-likeness (QED) is 0.745. The Kier molecular flexibility index (Phi) is 6.87. The highest BCUT2D eigenvalue weighted by atomic mass is 14.9. The highest BCUT2D eigenvalue weighted by molar-refractivity contribution is 5.11. The van der Waals surface area contributed by atoms with Crippen LogP contribution in [0.25, 0.3) is 0 Å². The Hall–Kier alpha value is -0.890. The van der Waals surface area contributed by atoms with Crippen LogP contribution in [0.5, 0.6) is 0 Å². The minimum atomic E-state index is 0.612. The van der Waals surface area contributed by atoms with Crippen molar-refractivity contribution in [1.29, 1.82) is 0 Å². The molecule has 0 saturated heterocycles. The molecule has 1 N–H and O–H groups in total. The van der Waals surface area contributed by atoms with E-state index in [-0.39, 0.29) is 0 Å². The van der Waals surface area contributed by atoms with Gasteiger partial charge < -0.3 is 5.32 Å². The van der Waals surface area contributed by atoms with E-state index >= 15 is 0 Å². The summed E-state index contributed by atoms with van der Waals surface area (Å²) < 4.78 is 0. The van der Waals surface area contributed by atoms with Crippen LogP contribution in [0, 0.1) is 5.92 Å². The number of pyridine rings is 1. The lowest BCUT2D eigenvalue weighted by molar-refractivity contribution is 0.442. The Morgan fingerprint density at radius 1 is 1.18 bits per heavy atom. The van der Waals surface area contributed by atoms with Crippen molar-refractivity contribution < 1.29 is 0 Å². The van der Waals surface area contributed by atoms with Gasteiger partial charge in [0.2, 0.25) is 0 Å². The van der Waals surface area contributed by atoms with Crippen LogP contribution in [-0.2, 0) is 6.42 Å². The molecule has 17 heavy (non-hydrogen) atoms. The van der Waals surface area contributed by atoms with Gasteiger partial charge in [-0.1, -0.05) is 33.6 Å². The predicted octanol–water partition coefficient (Wildman–Crippen LogP) is 3.43. The SMILES string of the molecule is CCNC(CCCC(C)C)Cc1ccncc1. The Labute approximate surface area is 106 Å². The third-order valence-corrected chi connectivity index (χ3v) is 3.06. The van der Waals surface area contributed by atoms with Crippen LogP contribution >= 0.6 is 0 Å². The molecule has 1 heterocycles. The second-order valence-corrected chi connectivity index (χ2v) is 5.14. The first-order chi connectivity index (χ1) is 8.22. The monoisotopic (exact) mass is 234 g/mol. The minimum Gasteiger partial charge on any atom is -0.314 e. The molecule has 1 aromatic rings. The van der Waals surface area contributed by atoms with Crippen LogP contribution in [0.4, 0.5) is 0 Å². The van der Waals surface area contributed by atoms with Gasteiger partial charge in [0.1, 0.15) is 0 Å². The van der Waals surface area contributed by atoms with Gasteiger partial charge in [0.05, 0.1) is 0 Å². The Bertz CT molecular complexity index is 282. The summed E-state index contributed by atoms with van der Waals surface area (Å²) in [6.45, 7) is 7.83. The van der Waals surface area contributed by atoms with E-state index in [2.05, 4.69) is 43.2 Å². The summed E-state index contributed by atoms with van der Waals surface area (Å²) in [5.41, 5.74) is 1.38. The van der Waals surface area contributed by atoms with Crippen molar-refractivity contribution >= 4 is 0 Å². The summed E-state index contributed by atoms with van der Waals surface area (Å²) in [6.07, 6.45) is 8.81. The van der Waals surface area contributed by atoms with Gasteiger partial charge in [-0.25, -0.2) is 0 Å². The van der Waals surface area contributed by atoms with E-state index in [9.17, 15) is 0 Å². The number of nitrogens with one attached hydrogen (secondary N) is 1. The molecule has 0 saturated carbocycles. The third-order valence-electron chi connectivity index (χ3n) is 3.06. The van der Waals surface area contributed by atoms with Crippen molar-refractivity contribution in [2.45, 2.75) is 52.5 Å². The lowest BCUT2D eigenvalue weighted by Gasteiger charge is -2.18. The maximum Gasteiger partial charge on any atom is 0.0270 e. The van der Waals surface area contributed by atoms with Crippen LogP contribution in [-0.4, -0.2) is 17.6 Å². The van der Waals surface area contributed by atoms with E-state index in [1.165, 1.54) is 24.8 Å². The second-order valence-electron chi connectivity index (χ2n) is 5.14. The average Bonchev–Trinajstić information content (AvgIpc) is 2.30. The molecule has 2 heteroatoms. The molecule has 0 spiro atoms. The van der Waals surface area contributed by atoms with E-state index in [1.807, 2.05) is 12.4 Å². The summed E-state index contributed by atoms with van der Waals surface area (Å²) >= 11 is 0. The molecule has 0 aliphatic rings. The number of nitrogens with zero attached hydrogens (tertiary/aromatic N) is 1. The van der Waals surface area contributed by atoms with Gasteiger partial charge in [0.25, 0.3) is 0 Å². The Morgan fingerprint density at radius 2 is 1.88 bits per heavy atom. The molecule has 0 bridgehead atoms. The van der Waals surface area contributed by atoms with Crippen molar-refractivity contribution in [3.63, 3.8) is 0 Å². The summed E-state index contributed by atoms with van der Waals surface area (Å²) in [7, 11) is 0. The molecule has 0 radical (unpaired) electrons. The molecule has 1 rings (SSSR count). The average molecular weight is 234 g/mol. The van der Waals surface area contributed by atoms with Gasteiger partial charge in [0, 0.05) is 18.4 Å². The van der Waals surface area contributed by atoms with Crippen LogP contribution in [0.15, 0.2) is 24.5 Å². The summed E-state index contributed by atoms with van der Waals surface area (Å²) in [6, 6.07) is 4.85. The number of hydrogen-bond donors (Lipinski definition) is 1. The van der Waals surface area contributed by atoms with Crippen molar-refractivity contribution in [3.8, 4) is 0 Å².